The third-order valence-electron chi connectivity index (χ3n) is 2.65. The van der Waals surface area contributed by atoms with E-state index in [0.717, 1.165) is 0 Å². The van der Waals surface area contributed by atoms with Crippen LogP contribution in [0.3, 0.4) is 0 Å². The van der Waals surface area contributed by atoms with Crippen LogP contribution in [0.4, 0.5) is 5.82 Å². The molecule has 0 fully saturated rings. The second-order valence-electron chi connectivity index (χ2n) is 4.02. The highest BCUT2D eigenvalue weighted by atomic mass is 16.4. The van der Waals surface area contributed by atoms with Gasteiger partial charge in [0.25, 0.3) is 0 Å². The zero-order valence-electron chi connectivity index (χ0n) is 10.3. The fourth-order valence-electron chi connectivity index (χ4n) is 1.72. The molecule has 0 saturated carbocycles. The van der Waals surface area contributed by atoms with Gasteiger partial charge in [-0.3, -0.25) is 4.98 Å². The number of anilines is 1. The minimum atomic E-state index is -1.09. The van der Waals surface area contributed by atoms with E-state index >= 15 is 0 Å². The summed E-state index contributed by atoms with van der Waals surface area (Å²) in [5, 5.41) is 11.8. The van der Waals surface area contributed by atoms with Crippen LogP contribution in [0.5, 0.6) is 0 Å². The van der Waals surface area contributed by atoms with Gasteiger partial charge in [0.15, 0.2) is 5.65 Å². The maximum atomic E-state index is 10.7. The predicted molar refractivity (Wildman–Crippen MR) is 70.3 cm³/mol. The average Bonchev–Trinajstić information content (AvgIpc) is 2.94. The average molecular weight is 270 g/mol. The Morgan fingerprint density at radius 3 is 2.85 bits per heavy atom. The summed E-state index contributed by atoms with van der Waals surface area (Å²) in [6.07, 6.45) is 3.18. The van der Waals surface area contributed by atoms with Gasteiger partial charge < -0.3 is 14.8 Å². The van der Waals surface area contributed by atoms with Crippen LogP contribution in [0.25, 0.3) is 11.2 Å². The Balaban J connectivity index is 1.74. The number of rotatable bonds is 4. The molecule has 0 aliphatic rings. The fourth-order valence-corrected chi connectivity index (χ4v) is 1.72. The van der Waals surface area contributed by atoms with E-state index in [-0.39, 0.29) is 5.76 Å². The van der Waals surface area contributed by atoms with Gasteiger partial charge in [0.05, 0.1) is 6.54 Å². The summed E-state index contributed by atoms with van der Waals surface area (Å²) >= 11 is 0. The molecule has 0 unspecified atom stereocenters. The summed E-state index contributed by atoms with van der Waals surface area (Å²) in [5.41, 5.74) is 1.26. The molecule has 0 atom stereocenters. The number of nitrogens with zero attached hydrogens (tertiary/aromatic N) is 3. The molecule has 20 heavy (non-hydrogen) atoms. The molecule has 0 aliphatic heterocycles. The topological polar surface area (TPSA) is 101 Å². The van der Waals surface area contributed by atoms with Gasteiger partial charge in [-0.05, 0) is 24.3 Å². The lowest BCUT2D eigenvalue weighted by Crippen LogP contribution is -2.01. The van der Waals surface area contributed by atoms with Crippen molar-refractivity contribution >= 4 is 23.0 Å². The molecule has 0 spiro atoms. The molecule has 0 radical (unpaired) electrons. The SMILES string of the molecule is O=C(O)c1ccc(CNc2ccc3nccnc3n2)o1. The predicted octanol–water partition coefficient (Wildman–Crippen LogP) is 1.93. The zero-order chi connectivity index (χ0) is 13.9. The van der Waals surface area contributed by atoms with Crippen molar-refractivity contribution in [3.8, 4) is 0 Å². The number of carbonyl (C=O) groups is 1. The second-order valence-corrected chi connectivity index (χ2v) is 4.02. The Bertz CT molecular complexity index is 769. The second kappa shape index (κ2) is 4.96. The van der Waals surface area contributed by atoms with Crippen molar-refractivity contribution in [2.45, 2.75) is 6.54 Å². The Morgan fingerprint density at radius 1 is 1.20 bits per heavy atom. The van der Waals surface area contributed by atoms with Gasteiger partial charge in [-0.2, -0.15) is 0 Å². The van der Waals surface area contributed by atoms with E-state index in [1.54, 1.807) is 24.5 Å². The third-order valence-corrected chi connectivity index (χ3v) is 2.65. The van der Waals surface area contributed by atoms with Gasteiger partial charge in [0, 0.05) is 12.4 Å². The van der Waals surface area contributed by atoms with Crippen LogP contribution < -0.4 is 5.32 Å². The first-order valence-electron chi connectivity index (χ1n) is 5.86. The molecule has 7 nitrogen and oxygen atoms in total. The number of pyridine rings is 1. The molecule has 3 aromatic heterocycles. The van der Waals surface area contributed by atoms with Crippen molar-refractivity contribution in [3.63, 3.8) is 0 Å². The summed E-state index contributed by atoms with van der Waals surface area (Å²) in [7, 11) is 0. The summed E-state index contributed by atoms with van der Waals surface area (Å²) < 4.78 is 5.14. The Hall–Kier alpha value is -2.96. The number of hydrogen-bond acceptors (Lipinski definition) is 6. The van der Waals surface area contributed by atoms with Crippen LogP contribution in [0.15, 0.2) is 41.1 Å². The van der Waals surface area contributed by atoms with Crippen molar-refractivity contribution in [1.82, 2.24) is 15.0 Å². The molecule has 0 bridgehead atoms. The van der Waals surface area contributed by atoms with Crippen molar-refractivity contribution in [1.29, 1.82) is 0 Å². The highest BCUT2D eigenvalue weighted by Crippen LogP contribution is 2.13. The number of aromatic nitrogens is 3. The van der Waals surface area contributed by atoms with Crippen molar-refractivity contribution in [2.75, 3.05) is 5.32 Å². The van der Waals surface area contributed by atoms with Gasteiger partial charge in [-0.25, -0.2) is 14.8 Å². The van der Waals surface area contributed by atoms with Crippen molar-refractivity contribution < 1.29 is 14.3 Å². The number of fused-ring (bicyclic) bond motifs is 1. The minimum absolute atomic E-state index is 0.0841. The molecule has 0 saturated heterocycles. The van der Waals surface area contributed by atoms with E-state index in [4.69, 9.17) is 9.52 Å². The molecule has 3 aromatic rings. The lowest BCUT2D eigenvalue weighted by Gasteiger charge is -2.03. The Morgan fingerprint density at radius 2 is 2.05 bits per heavy atom. The maximum Gasteiger partial charge on any atom is 0.371 e. The summed E-state index contributed by atoms with van der Waals surface area (Å²) in [4.78, 5) is 23.2. The minimum Gasteiger partial charge on any atom is -0.475 e. The Labute approximate surface area is 113 Å². The van der Waals surface area contributed by atoms with Gasteiger partial charge in [0.1, 0.15) is 17.1 Å². The normalized spacial score (nSPS) is 10.6. The van der Waals surface area contributed by atoms with Crippen LogP contribution in [-0.4, -0.2) is 26.0 Å². The molecule has 7 heteroatoms. The monoisotopic (exact) mass is 270 g/mol. The number of carboxylic acids is 1. The lowest BCUT2D eigenvalue weighted by molar-refractivity contribution is 0.0660. The molecule has 100 valence electrons. The van der Waals surface area contributed by atoms with Crippen LogP contribution >= 0.6 is 0 Å². The smallest absolute Gasteiger partial charge is 0.371 e. The van der Waals surface area contributed by atoms with Crippen molar-refractivity contribution in [2.24, 2.45) is 0 Å². The van der Waals surface area contributed by atoms with Gasteiger partial charge >= 0.3 is 5.97 Å². The van der Waals surface area contributed by atoms with Crippen LogP contribution in [0.2, 0.25) is 0 Å². The quantitative estimate of drug-likeness (QED) is 0.746. The molecule has 3 heterocycles. The van der Waals surface area contributed by atoms with Crippen LogP contribution in [-0.2, 0) is 6.54 Å². The molecule has 3 rings (SSSR count). The number of nitrogens with one attached hydrogen (secondary N) is 1. The molecule has 0 aliphatic carbocycles. The highest BCUT2D eigenvalue weighted by Gasteiger charge is 2.08. The molecular weight excluding hydrogens is 260 g/mol. The van der Waals surface area contributed by atoms with E-state index in [9.17, 15) is 4.79 Å². The van der Waals surface area contributed by atoms with E-state index in [1.807, 2.05) is 6.07 Å². The summed E-state index contributed by atoms with van der Waals surface area (Å²) in [6, 6.07) is 6.61. The van der Waals surface area contributed by atoms with E-state index in [0.29, 0.717) is 29.3 Å². The largest absolute Gasteiger partial charge is 0.475 e. The van der Waals surface area contributed by atoms with Gasteiger partial charge in [-0.15, -0.1) is 0 Å². The van der Waals surface area contributed by atoms with Crippen LogP contribution in [0, 0.1) is 0 Å². The molecule has 2 N–H and O–H groups in total. The zero-order valence-corrected chi connectivity index (χ0v) is 10.3. The fraction of sp³-hybridized carbons (Fsp3) is 0.0769. The number of hydrogen-bond donors (Lipinski definition) is 2. The summed E-state index contributed by atoms with van der Waals surface area (Å²) in [6.45, 7) is 0.339. The number of aromatic carboxylic acids is 1. The summed E-state index contributed by atoms with van der Waals surface area (Å²) in [5.74, 6) is -0.0378. The van der Waals surface area contributed by atoms with E-state index < -0.39 is 5.97 Å². The Kier molecular flexibility index (Phi) is 3.00. The number of furan rings is 1. The molecule has 0 amide bonds. The van der Waals surface area contributed by atoms with Gasteiger partial charge in [-0.1, -0.05) is 0 Å². The first kappa shape index (κ1) is 12.1. The van der Waals surface area contributed by atoms with Crippen LogP contribution in [0.1, 0.15) is 16.3 Å². The standard InChI is InChI=1S/C13H10N4O3/c18-13(19)10-3-1-8(20-10)7-16-11-4-2-9-12(17-11)15-6-5-14-9/h1-6H,7H2,(H,18,19)(H,15,16,17). The third kappa shape index (κ3) is 2.41. The number of carboxylic acid groups (broad SMARTS) is 1. The lowest BCUT2D eigenvalue weighted by atomic mass is 10.4. The van der Waals surface area contributed by atoms with E-state index in [2.05, 4.69) is 20.3 Å². The molecule has 0 aromatic carbocycles. The van der Waals surface area contributed by atoms with Gasteiger partial charge in [0.2, 0.25) is 5.76 Å². The maximum absolute atomic E-state index is 10.7. The van der Waals surface area contributed by atoms with E-state index in [1.165, 1.54) is 6.07 Å². The highest BCUT2D eigenvalue weighted by molar-refractivity contribution is 5.84. The first-order chi connectivity index (χ1) is 9.72. The first-order valence-corrected chi connectivity index (χ1v) is 5.86. The van der Waals surface area contributed by atoms with Crippen molar-refractivity contribution in [3.05, 3.63) is 48.2 Å². The molecular formula is C13H10N4O3.